The number of methoxy groups -OCH3 is 1. The fourth-order valence-electron chi connectivity index (χ4n) is 9.69. The van der Waals surface area contributed by atoms with Gasteiger partial charge in [-0.15, -0.1) is 11.3 Å². The molecule has 1 saturated heterocycles. The molecule has 2 saturated carbocycles. The molecule has 3 aliphatic heterocycles. The number of aromatic nitrogens is 2. The molecule has 0 radical (unpaired) electrons. The van der Waals surface area contributed by atoms with Gasteiger partial charge in [-0.25, -0.2) is 19.6 Å². The van der Waals surface area contributed by atoms with Gasteiger partial charge in [0, 0.05) is 47.8 Å². The number of nitrogens with one attached hydrogen (secondary N) is 4. The van der Waals surface area contributed by atoms with Crippen LogP contribution in [0.3, 0.4) is 0 Å². The van der Waals surface area contributed by atoms with Crippen LogP contribution in [0.5, 0.6) is 11.5 Å². The van der Waals surface area contributed by atoms with Crippen molar-refractivity contribution in [1.29, 1.82) is 0 Å². The van der Waals surface area contributed by atoms with Crippen molar-refractivity contribution in [2.75, 3.05) is 25.5 Å². The van der Waals surface area contributed by atoms with Crippen molar-refractivity contribution < 1.29 is 43.3 Å². The number of ether oxygens (including phenoxy) is 2. The monoisotopic (exact) mass is 932 g/mol. The first kappa shape index (κ1) is 45.6. The van der Waals surface area contributed by atoms with Crippen LogP contribution in [0.25, 0.3) is 22.3 Å². The maximum Gasteiger partial charge on any atom is 0.330 e. The number of hydrogen-bond acceptors (Lipinski definition) is 12. The number of fused-ring (bicyclic) bond motifs is 4. The van der Waals surface area contributed by atoms with Gasteiger partial charge >= 0.3 is 12.0 Å². The number of allylic oxidation sites excluding steroid dienone is 1. The van der Waals surface area contributed by atoms with Crippen molar-refractivity contribution in [3.05, 3.63) is 77.2 Å². The number of carboxylic acids is 1. The van der Waals surface area contributed by atoms with Crippen molar-refractivity contribution >= 4 is 63.0 Å². The third-order valence-corrected chi connectivity index (χ3v) is 14.4. The van der Waals surface area contributed by atoms with E-state index in [9.17, 15) is 29.1 Å². The van der Waals surface area contributed by atoms with Crippen LogP contribution in [-0.4, -0.2) is 117 Å². The van der Waals surface area contributed by atoms with Crippen LogP contribution in [0, 0.1) is 11.8 Å². The summed E-state index contributed by atoms with van der Waals surface area (Å²) in [6.45, 7) is 3.99. The Labute approximate surface area is 392 Å². The number of hydrogen-bond donors (Lipinski definition) is 5. The third-order valence-electron chi connectivity index (χ3n) is 13.7. The highest BCUT2D eigenvalue weighted by Gasteiger charge is 2.61. The summed E-state index contributed by atoms with van der Waals surface area (Å²) in [4.78, 5) is 95.3. The van der Waals surface area contributed by atoms with Crippen LogP contribution in [-0.2, 0) is 14.4 Å². The highest BCUT2D eigenvalue weighted by molar-refractivity contribution is 7.14. The maximum absolute atomic E-state index is 15.0. The number of aliphatic carboxylic acids is 1. The van der Waals surface area contributed by atoms with Crippen LogP contribution in [0.15, 0.2) is 66.1 Å². The molecule has 4 aromatic rings. The third kappa shape index (κ3) is 9.40. The zero-order valence-corrected chi connectivity index (χ0v) is 38.6. The summed E-state index contributed by atoms with van der Waals surface area (Å²) in [5.41, 5.74) is 0.878. The van der Waals surface area contributed by atoms with E-state index in [1.54, 1.807) is 49.6 Å². The van der Waals surface area contributed by atoms with Gasteiger partial charge in [0.15, 0.2) is 5.13 Å². The predicted molar refractivity (Wildman–Crippen MR) is 250 cm³/mol. The van der Waals surface area contributed by atoms with E-state index in [2.05, 4.69) is 21.3 Å². The average Bonchev–Trinajstić information content (AvgIpc) is 3.51. The molecule has 0 bridgehead atoms. The zero-order chi connectivity index (χ0) is 47.0. The van der Waals surface area contributed by atoms with Gasteiger partial charge in [-0.2, -0.15) is 0 Å². The molecule has 0 spiro atoms. The number of urea groups is 1. The highest BCUT2D eigenvalue weighted by Crippen LogP contribution is 2.46. The Bertz CT molecular complexity index is 2600. The molecule has 3 fully saturated rings. The molecule has 6 amide bonds. The van der Waals surface area contributed by atoms with Crippen molar-refractivity contribution in [2.45, 2.75) is 114 Å². The van der Waals surface area contributed by atoms with E-state index < -0.39 is 71.3 Å². The highest BCUT2D eigenvalue weighted by atomic mass is 32.1. The van der Waals surface area contributed by atoms with Crippen LogP contribution in [0.1, 0.15) is 98.8 Å². The molecule has 352 valence electrons. The molecule has 1 unspecified atom stereocenters. The lowest BCUT2D eigenvalue weighted by molar-refractivity contribution is -0.145. The zero-order valence-electron chi connectivity index (χ0n) is 37.8. The summed E-state index contributed by atoms with van der Waals surface area (Å²) in [5.74, 6) is -2.47. The van der Waals surface area contributed by atoms with E-state index >= 15 is 4.79 Å². The van der Waals surface area contributed by atoms with Gasteiger partial charge < -0.3 is 40.7 Å². The summed E-state index contributed by atoms with van der Waals surface area (Å²) in [7, 11) is 1.57. The van der Waals surface area contributed by atoms with Gasteiger partial charge in [-0.05, 0) is 82.6 Å². The average molecular weight is 933 g/mol. The molecule has 5 aliphatic rings. The fraction of sp³-hybridized carbons (Fsp3) is 0.469. The summed E-state index contributed by atoms with van der Waals surface area (Å²) in [6.07, 6.45) is 8.93. The number of anilines is 1. The standard InChI is InChI=1S/C49H56N8O9S/c1-27(2)50-48-54-39(26-67-48)37-22-41(34-19-18-30(65-3)20-36(34)51-37)66-31-21-40-42(58)55-49(46(62)63)23-29(49)14-7-5-4-6-8-17-35(45(61)56(40)24-31)52-47(64)53-38(28-12-11-13-28)25-57-43(59)32-15-9-10-16-33(32)44(57)60/h7,9-10,14-16,18-20,22,26-29,31,35,38,40H,4-6,8,11-13,17,21,23-25H2,1-3H3,(H,50,54)(H,55,58)(H,62,63)(H2,52,53,64)/b14-7-/t29?,31-,35+,38-,40+,49-/m1/s1. The Kier molecular flexibility index (Phi) is 12.9. The van der Waals surface area contributed by atoms with Crippen molar-refractivity contribution in [1.82, 2.24) is 35.7 Å². The normalized spacial score (nSPS) is 25.2. The number of benzene rings is 2. The second-order valence-corrected chi connectivity index (χ2v) is 19.4. The summed E-state index contributed by atoms with van der Waals surface area (Å²) in [5, 5.41) is 25.8. The van der Waals surface area contributed by atoms with Crippen LogP contribution >= 0.6 is 11.3 Å². The predicted octanol–water partition coefficient (Wildman–Crippen LogP) is 6.15. The number of pyridine rings is 1. The molecular weight excluding hydrogens is 877 g/mol. The number of carbonyl (C=O) groups is 6. The molecule has 5 N–H and O–H groups in total. The van der Waals surface area contributed by atoms with Crippen molar-refractivity contribution in [3.63, 3.8) is 0 Å². The van der Waals surface area contributed by atoms with E-state index in [4.69, 9.17) is 19.4 Å². The smallest absolute Gasteiger partial charge is 0.330 e. The largest absolute Gasteiger partial charge is 0.497 e. The second-order valence-electron chi connectivity index (χ2n) is 18.6. The van der Waals surface area contributed by atoms with E-state index in [0.717, 1.165) is 37.2 Å². The molecule has 2 aromatic heterocycles. The summed E-state index contributed by atoms with van der Waals surface area (Å²) in [6, 6.07) is 10.6. The van der Waals surface area contributed by atoms with Gasteiger partial charge in [0.1, 0.15) is 40.9 Å². The number of nitrogens with zero attached hydrogens (tertiary/aromatic N) is 4. The SMILES string of the molecule is COc1ccc2c(O[C@@H]3C[C@H]4C(=O)N[C@]5(C(=O)O)CC5/C=C\CCCCC[C@H](NC(=O)N[C@H](CN5C(=O)c6ccccc6C5=O)C5CCC5)C(=O)N4C3)cc(-c3csc(NC(C)C)n3)nc2c1. The first-order chi connectivity index (χ1) is 32.3. The van der Waals surface area contributed by atoms with Gasteiger partial charge in [-0.1, -0.05) is 43.5 Å². The first-order valence-corrected chi connectivity index (χ1v) is 24.1. The number of carbonyl (C=O) groups excluding carboxylic acids is 5. The Balaban J connectivity index is 0.996. The lowest BCUT2D eigenvalue weighted by Gasteiger charge is -2.36. The quantitative estimate of drug-likeness (QED) is 0.0798. The van der Waals surface area contributed by atoms with Crippen LogP contribution in [0.2, 0.25) is 0 Å². The van der Waals surface area contributed by atoms with Gasteiger partial charge in [0.2, 0.25) is 11.8 Å². The molecule has 6 atom stereocenters. The van der Waals surface area contributed by atoms with E-state index in [-0.39, 0.29) is 44.3 Å². The summed E-state index contributed by atoms with van der Waals surface area (Å²) < 4.78 is 12.3. The minimum absolute atomic E-state index is 0.0178. The van der Waals surface area contributed by atoms with Crippen molar-refractivity contribution in [3.8, 4) is 22.9 Å². The number of thiazole rings is 1. The van der Waals surface area contributed by atoms with Gasteiger partial charge in [-0.3, -0.25) is 24.1 Å². The van der Waals surface area contributed by atoms with E-state index in [0.29, 0.717) is 57.8 Å². The lowest BCUT2D eigenvalue weighted by Crippen LogP contribution is -2.59. The molecule has 67 heavy (non-hydrogen) atoms. The number of imide groups is 1. The van der Waals surface area contributed by atoms with Gasteiger partial charge in [0.25, 0.3) is 11.8 Å². The topological polar surface area (TPSA) is 221 Å². The summed E-state index contributed by atoms with van der Waals surface area (Å²) >= 11 is 1.45. The maximum atomic E-state index is 15.0. The lowest BCUT2D eigenvalue weighted by atomic mass is 9.79. The Morgan fingerprint density at radius 2 is 1.75 bits per heavy atom. The molecular formula is C49H56N8O9S. The Morgan fingerprint density at radius 3 is 2.45 bits per heavy atom. The van der Waals surface area contributed by atoms with Crippen LogP contribution < -0.4 is 30.7 Å². The fourth-order valence-corrected chi connectivity index (χ4v) is 10.5. The van der Waals surface area contributed by atoms with Crippen LogP contribution in [0.4, 0.5) is 9.93 Å². The number of carboxylic acid groups (broad SMARTS) is 1. The molecule has 18 heteroatoms. The molecule has 2 aliphatic carbocycles. The number of rotatable bonds is 12. The van der Waals surface area contributed by atoms with Crippen molar-refractivity contribution in [2.24, 2.45) is 11.8 Å². The number of amides is 6. The van der Waals surface area contributed by atoms with E-state index in [1.807, 2.05) is 37.4 Å². The molecule has 9 rings (SSSR count). The van der Waals surface area contributed by atoms with Gasteiger partial charge in [0.05, 0.1) is 42.0 Å². The van der Waals surface area contributed by atoms with E-state index in [1.165, 1.54) is 21.1 Å². The molecule has 2 aromatic carbocycles. The Hall–Kier alpha value is -6.56. The second kappa shape index (κ2) is 19.0. The minimum atomic E-state index is -1.51. The minimum Gasteiger partial charge on any atom is -0.497 e. The molecule has 5 heterocycles. The molecule has 17 nitrogen and oxygen atoms in total. The Morgan fingerprint density at radius 1 is 0.970 bits per heavy atom. The first-order valence-electron chi connectivity index (χ1n) is 23.2.